The first-order valence-corrected chi connectivity index (χ1v) is 7.04. The number of rotatable bonds is 6. The van der Waals surface area contributed by atoms with Gasteiger partial charge in [0, 0.05) is 18.0 Å². The van der Waals surface area contributed by atoms with Crippen LogP contribution in [0.5, 0.6) is 0 Å². The van der Waals surface area contributed by atoms with Gasteiger partial charge in [-0.2, -0.15) is 9.57 Å². The minimum absolute atomic E-state index is 0.0592. The van der Waals surface area contributed by atoms with Crippen LogP contribution < -0.4 is 0 Å². The molecule has 0 heterocycles. The molecule has 0 bridgehead atoms. The summed E-state index contributed by atoms with van der Waals surface area (Å²) >= 11 is 5.66. The van der Waals surface area contributed by atoms with Crippen molar-refractivity contribution in [3.63, 3.8) is 0 Å². The summed E-state index contributed by atoms with van der Waals surface area (Å²) in [6, 6.07) is 7.17. The lowest BCUT2D eigenvalue weighted by molar-refractivity contribution is -0.137. The third kappa shape index (κ3) is 4.21. The van der Waals surface area contributed by atoms with E-state index in [9.17, 15) is 13.2 Å². The van der Waals surface area contributed by atoms with Gasteiger partial charge in [0.25, 0.3) is 0 Å². The molecule has 1 N–H and O–H groups in total. The topological polar surface area (TPSA) is 98.5 Å². The summed E-state index contributed by atoms with van der Waals surface area (Å²) in [5, 5.41) is 17.6. The molecule has 0 radical (unpaired) electrons. The Morgan fingerprint density at radius 1 is 1.37 bits per heavy atom. The molecule has 0 aliphatic carbocycles. The number of carboxylic acid groups (broad SMARTS) is 1. The predicted octanol–water partition coefficient (Wildman–Crippen LogP) is 1.33. The number of aliphatic carboxylic acids is 1. The third-order valence-corrected chi connectivity index (χ3v) is 4.35. The highest BCUT2D eigenvalue weighted by Crippen LogP contribution is 2.18. The number of halogens is 1. The maximum atomic E-state index is 12.2. The molecule has 0 spiro atoms. The van der Waals surface area contributed by atoms with Gasteiger partial charge in [0.15, 0.2) is 0 Å². The van der Waals surface area contributed by atoms with E-state index < -0.39 is 22.5 Å². The molecule has 1 aromatic carbocycles. The summed E-state index contributed by atoms with van der Waals surface area (Å²) in [5.74, 6) is -1.28. The van der Waals surface area contributed by atoms with E-state index in [0.717, 1.165) is 4.31 Å². The van der Waals surface area contributed by atoms with Crippen molar-refractivity contribution in [2.45, 2.75) is 11.3 Å². The van der Waals surface area contributed by atoms with Crippen LogP contribution in [0.3, 0.4) is 0 Å². The van der Waals surface area contributed by atoms with E-state index in [-0.39, 0.29) is 17.9 Å². The fourth-order valence-corrected chi connectivity index (χ4v) is 2.88. The molecule has 1 aromatic rings. The normalized spacial score (nSPS) is 11.2. The van der Waals surface area contributed by atoms with Gasteiger partial charge in [-0.15, -0.1) is 0 Å². The monoisotopic (exact) mass is 302 g/mol. The van der Waals surface area contributed by atoms with Crippen molar-refractivity contribution in [1.29, 1.82) is 5.26 Å². The van der Waals surface area contributed by atoms with Crippen LogP contribution >= 0.6 is 11.6 Å². The highest BCUT2D eigenvalue weighted by molar-refractivity contribution is 7.89. The second-order valence-corrected chi connectivity index (χ2v) is 5.97. The lowest BCUT2D eigenvalue weighted by atomic mass is 10.4. The fourth-order valence-electron chi connectivity index (χ4n) is 1.37. The number of nitriles is 1. The number of nitrogens with zero attached hydrogens (tertiary/aromatic N) is 2. The van der Waals surface area contributed by atoms with Crippen molar-refractivity contribution < 1.29 is 18.3 Å². The van der Waals surface area contributed by atoms with Crippen molar-refractivity contribution in [3.8, 4) is 6.07 Å². The van der Waals surface area contributed by atoms with Gasteiger partial charge in [-0.3, -0.25) is 4.79 Å². The minimum Gasteiger partial charge on any atom is -0.480 e. The lowest BCUT2D eigenvalue weighted by Crippen LogP contribution is -2.36. The Morgan fingerprint density at radius 3 is 2.42 bits per heavy atom. The highest BCUT2D eigenvalue weighted by atomic mass is 35.5. The summed E-state index contributed by atoms with van der Waals surface area (Å²) in [6.07, 6.45) is -0.0832. The third-order valence-electron chi connectivity index (χ3n) is 2.24. The lowest BCUT2D eigenvalue weighted by Gasteiger charge is -2.19. The molecule has 0 aliphatic rings. The van der Waals surface area contributed by atoms with Gasteiger partial charge >= 0.3 is 5.97 Å². The minimum atomic E-state index is -3.94. The zero-order valence-corrected chi connectivity index (χ0v) is 11.4. The van der Waals surface area contributed by atoms with E-state index >= 15 is 0 Å². The van der Waals surface area contributed by atoms with Gasteiger partial charge in [0.05, 0.1) is 11.0 Å². The largest absolute Gasteiger partial charge is 0.480 e. The molecule has 0 aromatic heterocycles. The summed E-state index contributed by atoms with van der Waals surface area (Å²) in [6.45, 7) is -0.861. The zero-order valence-electron chi connectivity index (χ0n) is 9.78. The summed E-state index contributed by atoms with van der Waals surface area (Å²) in [5.41, 5.74) is 0. The Hall–Kier alpha value is -1.62. The number of carboxylic acids is 1. The van der Waals surface area contributed by atoms with E-state index in [1.54, 1.807) is 6.07 Å². The summed E-state index contributed by atoms with van der Waals surface area (Å²) < 4.78 is 25.1. The number of sulfonamides is 1. The molecular formula is C11H11ClN2O4S. The van der Waals surface area contributed by atoms with Crippen molar-refractivity contribution >= 4 is 27.6 Å². The second-order valence-electron chi connectivity index (χ2n) is 3.59. The van der Waals surface area contributed by atoms with Crippen LogP contribution in [0.4, 0.5) is 0 Å². The SMILES string of the molecule is N#CCCN(CC(=O)O)S(=O)(=O)c1ccc(Cl)cc1. The van der Waals surface area contributed by atoms with Gasteiger partial charge in [0.2, 0.25) is 10.0 Å². The molecule has 0 saturated heterocycles. The molecule has 0 amide bonds. The van der Waals surface area contributed by atoms with Crippen molar-refractivity contribution in [2.24, 2.45) is 0 Å². The predicted molar refractivity (Wildman–Crippen MR) is 68.1 cm³/mol. The zero-order chi connectivity index (χ0) is 14.5. The molecule has 0 saturated carbocycles. The van der Waals surface area contributed by atoms with Crippen molar-refractivity contribution in [2.75, 3.05) is 13.1 Å². The number of benzene rings is 1. The van der Waals surface area contributed by atoms with Gasteiger partial charge < -0.3 is 5.11 Å². The van der Waals surface area contributed by atoms with Gasteiger partial charge in [-0.25, -0.2) is 8.42 Å². The maximum absolute atomic E-state index is 12.2. The molecule has 19 heavy (non-hydrogen) atoms. The number of hydrogen-bond acceptors (Lipinski definition) is 4. The summed E-state index contributed by atoms with van der Waals surface area (Å²) in [4.78, 5) is 10.6. The molecule has 102 valence electrons. The number of hydrogen-bond donors (Lipinski definition) is 1. The Bertz CT molecular complexity index is 592. The smallest absolute Gasteiger partial charge is 0.318 e. The van der Waals surface area contributed by atoms with Gasteiger partial charge in [-0.05, 0) is 24.3 Å². The van der Waals surface area contributed by atoms with Gasteiger partial charge in [0.1, 0.15) is 6.54 Å². The molecule has 0 unspecified atom stereocenters. The van der Waals surface area contributed by atoms with Crippen LogP contribution in [0.1, 0.15) is 6.42 Å². The average molecular weight is 303 g/mol. The average Bonchev–Trinajstić information content (AvgIpc) is 2.34. The first-order valence-electron chi connectivity index (χ1n) is 5.22. The van der Waals surface area contributed by atoms with Gasteiger partial charge in [-0.1, -0.05) is 11.6 Å². The van der Waals surface area contributed by atoms with E-state index in [2.05, 4.69) is 0 Å². The van der Waals surface area contributed by atoms with Crippen LogP contribution in [0.15, 0.2) is 29.2 Å². The highest BCUT2D eigenvalue weighted by Gasteiger charge is 2.26. The van der Waals surface area contributed by atoms with E-state index in [0.29, 0.717) is 5.02 Å². The van der Waals surface area contributed by atoms with Crippen LogP contribution in [-0.4, -0.2) is 36.9 Å². The first-order chi connectivity index (χ1) is 8.87. The quantitative estimate of drug-likeness (QED) is 0.854. The Balaban J connectivity index is 3.08. The molecule has 0 aliphatic heterocycles. The molecule has 6 nitrogen and oxygen atoms in total. The molecule has 8 heteroatoms. The van der Waals surface area contributed by atoms with Crippen LogP contribution in [0.25, 0.3) is 0 Å². The summed E-state index contributed by atoms with van der Waals surface area (Å²) in [7, 11) is -3.94. The molecule has 0 fully saturated rings. The Kier molecular flexibility index (Phi) is 5.30. The molecular weight excluding hydrogens is 292 g/mol. The molecule has 0 atom stereocenters. The fraction of sp³-hybridized carbons (Fsp3) is 0.273. The first kappa shape index (κ1) is 15.4. The van der Waals surface area contributed by atoms with E-state index in [1.807, 2.05) is 0 Å². The standard InChI is InChI=1S/C11H11ClN2O4S/c12-9-2-4-10(5-3-9)19(17,18)14(7-1-6-13)8-11(15)16/h2-5H,1,7-8H2,(H,15,16). The second kappa shape index (κ2) is 6.52. The Labute approximate surface area is 115 Å². The van der Waals surface area contributed by atoms with E-state index in [1.165, 1.54) is 24.3 Å². The van der Waals surface area contributed by atoms with Crippen LogP contribution in [-0.2, 0) is 14.8 Å². The van der Waals surface area contributed by atoms with E-state index in [4.69, 9.17) is 22.0 Å². The number of carbonyl (C=O) groups is 1. The van der Waals surface area contributed by atoms with Crippen LogP contribution in [0.2, 0.25) is 5.02 Å². The van der Waals surface area contributed by atoms with Crippen molar-refractivity contribution in [3.05, 3.63) is 29.3 Å². The van der Waals surface area contributed by atoms with Crippen molar-refractivity contribution in [1.82, 2.24) is 4.31 Å². The van der Waals surface area contributed by atoms with Crippen LogP contribution in [0, 0.1) is 11.3 Å². The Morgan fingerprint density at radius 2 is 1.95 bits per heavy atom. The molecule has 1 rings (SSSR count). The maximum Gasteiger partial charge on any atom is 0.318 e.